The van der Waals surface area contributed by atoms with Gasteiger partial charge in [-0.05, 0) is 23.6 Å². The molecular weight excluding hydrogens is 282 g/mol. The smallest absolute Gasteiger partial charge is 0.267 e. The Hall–Kier alpha value is -2.23. The summed E-state index contributed by atoms with van der Waals surface area (Å²) in [7, 11) is 0. The second-order valence-corrected chi connectivity index (χ2v) is 4.64. The van der Waals surface area contributed by atoms with Gasteiger partial charge in [-0.15, -0.1) is 11.3 Å². The molecule has 0 bridgehead atoms. The van der Waals surface area contributed by atoms with Crippen LogP contribution in [0.15, 0.2) is 29.6 Å². The quantitative estimate of drug-likeness (QED) is 0.836. The molecule has 3 nitrogen and oxygen atoms in total. The number of carbonyl (C=O) groups is 1. The van der Waals surface area contributed by atoms with Gasteiger partial charge in [0.25, 0.3) is 5.91 Å². The summed E-state index contributed by atoms with van der Waals surface area (Å²) < 4.78 is 26.5. The van der Waals surface area contributed by atoms with Crippen LogP contribution in [0, 0.1) is 23.5 Å². The SMILES string of the molecule is NCC#Cc1ccsc1C(=O)Nc1cccc(F)c1F. The van der Waals surface area contributed by atoms with E-state index in [1.54, 1.807) is 11.4 Å². The van der Waals surface area contributed by atoms with Crippen LogP contribution in [0.5, 0.6) is 0 Å². The van der Waals surface area contributed by atoms with Gasteiger partial charge in [0, 0.05) is 5.56 Å². The Morgan fingerprint density at radius 1 is 1.35 bits per heavy atom. The molecule has 0 unspecified atom stereocenters. The lowest BCUT2D eigenvalue weighted by molar-refractivity contribution is 0.103. The van der Waals surface area contributed by atoms with Crippen molar-refractivity contribution in [2.45, 2.75) is 0 Å². The number of thiophene rings is 1. The minimum atomic E-state index is -1.09. The van der Waals surface area contributed by atoms with Gasteiger partial charge < -0.3 is 11.1 Å². The molecule has 0 fully saturated rings. The first-order valence-electron chi connectivity index (χ1n) is 5.65. The van der Waals surface area contributed by atoms with Gasteiger partial charge in [0.15, 0.2) is 11.6 Å². The summed E-state index contributed by atoms with van der Waals surface area (Å²) in [6.45, 7) is 0.176. The van der Waals surface area contributed by atoms with Gasteiger partial charge in [-0.3, -0.25) is 4.79 Å². The number of hydrogen-bond acceptors (Lipinski definition) is 3. The van der Waals surface area contributed by atoms with E-state index in [0.717, 1.165) is 6.07 Å². The summed E-state index contributed by atoms with van der Waals surface area (Å²) in [6.07, 6.45) is 0. The van der Waals surface area contributed by atoms with Crippen molar-refractivity contribution in [3.8, 4) is 11.8 Å². The van der Waals surface area contributed by atoms with E-state index in [1.807, 2.05) is 0 Å². The number of amides is 1. The summed E-state index contributed by atoms with van der Waals surface area (Å²) in [5.74, 6) is 2.75. The predicted octanol–water partition coefficient (Wildman–Crippen LogP) is 2.59. The van der Waals surface area contributed by atoms with Gasteiger partial charge in [-0.2, -0.15) is 0 Å². The van der Waals surface area contributed by atoms with Crippen LogP contribution < -0.4 is 11.1 Å². The van der Waals surface area contributed by atoms with E-state index in [-0.39, 0.29) is 12.2 Å². The molecule has 0 aliphatic rings. The van der Waals surface area contributed by atoms with Crippen molar-refractivity contribution in [1.29, 1.82) is 0 Å². The molecule has 0 aliphatic carbocycles. The Bertz CT molecular complexity index is 701. The summed E-state index contributed by atoms with van der Waals surface area (Å²) >= 11 is 1.17. The second-order valence-electron chi connectivity index (χ2n) is 3.72. The maximum Gasteiger partial charge on any atom is 0.267 e. The fourth-order valence-electron chi connectivity index (χ4n) is 1.51. The molecule has 0 saturated heterocycles. The van der Waals surface area contributed by atoms with Gasteiger partial charge in [0.1, 0.15) is 4.88 Å². The molecule has 1 aromatic carbocycles. The number of anilines is 1. The lowest BCUT2D eigenvalue weighted by Crippen LogP contribution is -2.13. The maximum absolute atomic E-state index is 13.5. The molecule has 20 heavy (non-hydrogen) atoms. The number of nitrogens with one attached hydrogen (secondary N) is 1. The summed E-state index contributed by atoms with van der Waals surface area (Å²) in [6, 6.07) is 5.26. The average molecular weight is 292 g/mol. The molecule has 102 valence electrons. The van der Waals surface area contributed by atoms with E-state index >= 15 is 0 Å². The first-order chi connectivity index (χ1) is 9.63. The normalized spacial score (nSPS) is 9.75. The zero-order valence-corrected chi connectivity index (χ0v) is 11.1. The van der Waals surface area contributed by atoms with Crippen molar-refractivity contribution < 1.29 is 13.6 Å². The largest absolute Gasteiger partial charge is 0.320 e. The summed E-state index contributed by atoms with van der Waals surface area (Å²) in [5.41, 5.74) is 5.57. The fourth-order valence-corrected chi connectivity index (χ4v) is 2.25. The third kappa shape index (κ3) is 3.02. The van der Waals surface area contributed by atoms with Crippen molar-refractivity contribution in [2.24, 2.45) is 5.73 Å². The minimum absolute atomic E-state index is 0.176. The highest BCUT2D eigenvalue weighted by molar-refractivity contribution is 7.12. The van der Waals surface area contributed by atoms with Crippen molar-refractivity contribution >= 4 is 22.9 Å². The van der Waals surface area contributed by atoms with E-state index in [2.05, 4.69) is 17.2 Å². The van der Waals surface area contributed by atoms with E-state index in [1.165, 1.54) is 23.5 Å². The lowest BCUT2D eigenvalue weighted by Gasteiger charge is -2.05. The van der Waals surface area contributed by atoms with Crippen LogP contribution in [0.3, 0.4) is 0 Å². The maximum atomic E-state index is 13.5. The van der Waals surface area contributed by atoms with Crippen LogP contribution >= 0.6 is 11.3 Å². The minimum Gasteiger partial charge on any atom is -0.320 e. The zero-order valence-electron chi connectivity index (χ0n) is 10.2. The molecule has 0 aliphatic heterocycles. The Balaban J connectivity index is 2.25. The second kappa shape index (κ2) is 6.28. The van der Waals surface area contributed by atoms with Crippen LogP contribution in [0.4, 0.5) is 14.5 Å². The van der Waals surface area contributed by atoms with E-state index in [9.17, 15) is 13.6 Å². The molecule has 2 rings (SSSR count). The van der Waals surface area contributed by atoms with Gasteiger partial charge in [-0.1, -0.05) is 17.9 Å². The molecule has 0 spiro atoms. The number of carbonyl (C=O) groups excluding carboxylic acids is 1. The third-order valence-electron chi connectivity index (χ3n) is 2.40. The van der Waals surface area contributed by atoms with Gasteiger partial charge >= 0.3 is 0 Å². The molecule has 6 heteroatoms. The topological polar surface area (TPSA) is 55.1 Å². The van der Waals surface area contributed by atoms with E-state index in [0.29, 0.717) is 10.4 Å². The first-order valence-corrected chi connectivity index (χ1v) is 6.53. The molecular formula is C14H10F2N2OS. The van der Waals surface area contributed by atoms with Gasteiger partial charge in [0.05, 0.1) is 12.2 Å². The van der Waals surface area contributed by atoms with Crippen molar-refractivity contribution in [3.63, 3.8) is 0 Å². The summed E-state index contributed by atoms with van der Waals surface area (Å²) in [4.78, 5) is 12.4. The molecule has 0 atom stereocenters. The van der Waals surface area contributed by atoms with Gasteiger partial charge in [-0.25, -0.2) is 8.78 Å². The van der Waals surface area contributed by atoms with Crippen LogP contribution in [-0.4, -0.2) is 12.5 Å². The Morgan fingerprint density at radius 2 is 2.15 bits per heavy atom. The number of hydrogen-bond donors (Lipinski definition) is 2. The molecule has 0 saturated carbocycles. The highest BCUT2D eigenvalue weighted by Crippen LogP contribution is 2.21. The number of halogens is 2. The molecule has 0 radical (unpaired) electrons. The molecule has 1 aromatic heterocycles. The average Bonchev–Trinajstić information content (AvgIpc) is 2.90. The Labute approximate surface area is 118 Å². The zero-order chi connectivity index (χ0) is 14.5. The van der Waals surface area contributed by atoms with Crippen LogP contribution in [-0.2, 0) is 0 Å². The fraction of sp³-hybridized carbons (Fsp3) is 0.0714. The Morgan fingerprint density at radius 3 is 2.90 bits per heavy atom. The highest BCUT2D eigenvalue weighted by atomic mass is 32.1. The number of rotatable bonds is 2. The molecule has 1 heterocycles. The van der Waals surface area contributed by atoms with Crippen molar-refractivity contribution in [2.75, 3.05) is 11.9 Å². The van der Waals surface area contributed by atoms with Crippen molar-refractivity contribution in [3.05, 3.63) is 51.7 Å². The number of nitrogens with two attached hydrogens (primary N) is 1. The number of benzene rings is 1. The standard InChI is InChI=1S/C14H10F2N2OS/c15-10-4-1-5-11(12(10)16)18-14(19)13-9(3-2-7-17)6-8-20-13/h1,4-6,8H,7,17H2,(H,18,19). The Kier molecular flexibility index (Phi) is 4.45. The highest BCUT2D eigenvalue weighted by Gasteiger charge is 2.15. The van der Waals surface area contributed by atoms with Crippen LogP contribution in [0.25, 0.3) is 0 Å². The first kappa shape index (κ1) is 14.2. The predicted molar refractivity (Wildman–Crippen MR) is 74.6 cm³/mol. The van der Waals surface area contributed by atoms with Crippen LogP contribution in [0.1, 0.15) is 15.2 Å². The van der Waals surface area contributed by atoms with Gasteiger partial charge in [0.2, 0.25) is 0 Å². The third-order valence-corrected chi connectivity index (χ3v) is 3.31. The summed E-state index contributed by atoms with van der Waals surface area (Å²) in [5, 5.41) is 4.02. The van der Waals surface area contributed by atoms with E-state index < -0.39 is 17.5 Å². The molecule has 1 amide bonds. The molecule has 2 aromatic rings. The molecule has 3 N–H and O–H groups in total. The lowest BCUT2D eigenvalue weighted by atomic mass is 10.2. The monoisotopic (exact) mass is 292 g/mol. The van der Waals surface area contributed by atoms with Crippen molar-refractivity contribution in [1.82, 2.24) is 0 Å². The van der Waals surface area contributed by atoms with Crippen LogP contribution in [0.2, 0.25) is 0 Å². The van der Waals surface area contributed by atoms with E-state index in [4.69, 9.17) is 5.73 Å².